The summed E-state index contributed by atoms with van der Waals surface area (Å²) in [4.78, 5) is 29.5. The molecule has 0 aliphatic heterocycles. The molecule has 1 atom stereocenters. The Morgan fingerprint density at radius 1 is 0.778 bits per heavy atom. The minimum atomic E-state index is -4.32. The summed E-state index contributed by atoms with van der Waals surface area (Å²) < 4.78 is 29.1. The van der Waals surface area contributed by atoms with Crippen molar-refractivity contribution in [3.8, 4) is 0 Å². The number of rotatable bonds is 13. The molecule has 4 rings (SSSR count). The second-order valence-corrected chi connectivity index (χ2v) is 13.6. The normalized spacial score (nSPS) is 11.9. The van der Waals surface area contributed by atoms with E-state index in [9.17, 15) is 18.0 Å². The molecule has 1 N–H and O–H groups in total. The average Bonchev–Trinajstić information content (AvgIpc) is 3.04. The molecule has 45 heavy (non-hydrogen) atoms. The van der Waals surface area contributed by atoms with Crippen LogP contribution in [0.15, 0.2) is 102 Å². The number of amides is 2. The fourth-order valence-electron chi connectivity index (χ4n) is 4.67. The highest BCUT2D eigenvalue weighted by Crippen LogP contribution is 2.35. The Kier molecular flexibility index (Phi) is 12.2. The Bertz CT molecular complexity index is 1740. The van der Waals surface area contributed by atoms with Crippen LogP contribution >= 0.6 is 46.4 Å². The molecule has 0 saturated carbocycles. The number of halogens is 4. The van der Waals surface area contributed by atoms with E-state index in [0.29, 0.717) is 23.6 Å². The van der Waals surface area contributed by atoms with Crippen LogP contribution in [0, 0.1) is 0 Å². The summed E-state index contributed by atoms with van der Waals surface area (Å²) in [6, 6.07) is 25.4. The minimum Gasteiger partial charge on any atom is -0.354 e. The van der Waals surface area contributed by atoms with Gasteiger partial charge in [-0.3, -0.25) is 13.9 Å². The predicted octanol–water partition coefficient (Wildman–Crippen LogP) is 7.66. The van der Waals surface area contributed by atoms with Gasteiger partial charge < -0.3 is 10.2 Å². The van der Waals surface area contributed by atoms with Crippen molar-refractivity contribution < 1.29 is 18.0 Å². The van der Waals surface area contributed by atoms with E-state index >= 15 is 0 Å². The lowest BCUT2D eigenvalue weighted by Gasteiger charge is -2.34. The summed E-state index contributed by atoms with van der Waals surface area (Å²) in [7, 11) is -4.32. The lowest BCUT2D eigenvalue weighted by molar-refractivity contribution is -0.140. The van der Waals surface area contributed by atoms with Gasteiger partial charge in [0.2, 0.25) is 11.8 Å². The van der Waals surface area contributed by atoms with E-state index in [0.717, 1.165) is 9.87 Å². The highest BCUT2D eigenvalue weighted by molar-refractivity contribution is 7.92. The summed E-state index contributed by atoms with van der Waals surface area (Å²) in [5.41, 5.74) is 1.43. The van der Waals surface area contributed by atoms with E-state index in [1.54, 1.807) is 42.5 Å². The lowest BCUT2D eigenvalue weighted by Crippen LogP contribution is -2.53. The van der Waals surface area contributed by atoms with E-state index in [2.05, 4.69) is 5.32 Å². The standard InChI is InChI=1S/C33H31Cl4N3O4S/c1-2-18-38-33(42)30(20-23-10-5-3-6-11-23)39(21-24-16-17-26(34)28(36)19-24)31(41)22-40(29-15-9-14-27(35)32(29)37)45(43,44)25-12-7-4-8-13-25/h3-17,19,30H,2,18,20-22H2,1H3,(H,38,42)/t30-/m1/s1. The van der Waals surface area contributed by atoms with E-state index in [1.807, 2.05) is 37.3 Å². The van der Waals surface area contributed by atoms with Gasteiger partial charge in [-0.05, 0) is 53.9 Å². The van der Waals surface area contributed by atoms with Gasteiger partial charge in [0.25, 0.3) is 10.0 Å². The molecule has 0 aromatic heterocycles. The number of hydrogen-bond acceptors (Lipinski definition) is 4. The minimum absolute atomic E-state index is 0.0194. The molecule has 4 aromatic rings. The van der Waals surface area contributed by atoms with E-state index in [1.165, 1.54) is 29.2 Å². The molecule has 0 aliphatic rings. The Balaban J connectivity index is 1.83. The van der Waals surface area contributed by atoms with Crippen molar-refractivity contribution in [1.82, 2.24) is 10.2 Å². The fourth-order valence-corrected chi connectivity index (χ4v) is 6.89. The van der Waals surface area contributed by atoms with E-state index in [-0.39, 0.29) is 44.5 Å². The number of sulfonamides is 1. The van der Waals surface area contributed by atoms with Crippen molar-refractivity contribution in [2.75, 3.05) is 17.4 Å². The molecule has 0 unspecified atom stereocenters. The van der Waals surface area contributed by atoms with Crippen molar-refractivity contribution in [3.63, 3.8) is 0 Å². The quantitative estimate of drug-likeness (QED) is 0.155. The first-order valence-electron chi connectivity index (χ1n) is 14.1. The molecule has 12 heteroatoms. The lowest BCUT2D eigenvalue weighted by atomic mass is 10.0. The summed E-state index contributed by atoms with van der Waals surface area (Å²) >= 11 is 25.3. The molecule has 0 saturated heterocycles. The Hall–Kier alpha value is -3.27. The van der Waals surface area contributed by atoms with Crippen LogP contribution in [-0.2, 0) is 32.6 Å². The summed E-state index contributed by atoms with van der Waals surface area (Å²) in [5.74, 6) is -1.03. The largest absolute Gasteiger partial charge is 0.354 e. The smallest absolute Gasteiger partial charge is 0.264 e. The maximum absolute atomic E-state index is 14.5. The Labute approximate surface area is 283 Å². The summed E-state index contributed by atoms with van der Waals surface area (Å²) in [6.45, 7) is 1.58. The van der Waals surface area contributed by atoms with Crippen LogP contribution in [-0.4, -0.2) is 44.3 Å². The summed E-state index contributed by atoms with van der Waals surface area (Å²) in [5, 5.41) is 3.58. The first kappa shape index (κ1) is 34.6. The molecular formula is C33H31Cl4N3O4S. The van der Waals surface area contributed by atoms with Gasteiger partial charge in [0.15, 0.2) is 0 Å². The van der Waals surface area contributed by atoms with Crippen LogP contribution in [0.5, 0.6) is 0 Å². The van der Waals surface area contributed by atoms with Crippen LogP contribution in [0.2, 0.25) is 20.1 Å². The predicted molar refractivity (Wildman–Crippen MR) is 182 cm³/mol. The fraction of sp³-hybridized carbons (Fsp3) is 0.212. The average molecular weight is 708 g/mol. The molecule has 0 aliphatic carbocycles. The summed E-state index contributed by atoms with van der Waals surface area (Å²) in [6.07, 6.45) is 0.855. The zero-order valence-corrected chi connectivity index (χ0v) is 28.1. The van der Waals surface area contributed by atoms with Crippen molar-refractivity contribution in [1.29, 1.82) is 0 Å². The van der Waals surface area contributed by atoms with Gasteiger partial charge in [-0.2, -0.15) is 0 Å². The van der Waals surface area contributed by atoms with Crippen LogP contribution in [0.25, 0.3) is 0 Å². The van der Waals surface area contributed by atoms with Crippen LogP contribution in [0.4, 0.5) is 5.69 Å². The third-order valence-corrected chi connectivity index (χ3v) is 10.3. The van der Waals surface area contributed by atoms with Crippen molar-refractivity contribution >= 4 is 73.9 Å². The number of nitrogens with zero attached hydrogens (tertiary/aromatic N) is 2. The molecule has 0 bridgehead atoms. The number of carbonyl (C=O) groups excluding carboxylic acids is 2. The second-order valence-electron chi connectivity index (χ2n) is 10.2. The molecule has 0 fully saturated rings. The number of benzene rings is 4. The third-order valence-electron chi connectivity index (χ3n) is 6.97. The monoisotopic (exact) mass is 705 g/mol. The Morgan fingerprint density at radius 2 is 1.44 bits per heavy atom. The number of carbonyl (C=O) groups is 2. The molecule has 0 heterocycles. The Morgan fingerprint density at radius 3 is 2.09 bits per heavy atom. The van der Waals surface area contributed by atoms with Gasteiger partial charge in [-0.1, -0.05) is 114 Å². The van der Waals surface area contributed by atoms with Crippen LogP contribution < -0.4 is 9.62 Å². The van der Waals surface area contributed by atoms with Gasteiger partial charge in [0.05, 0.1) is 30.7 Å². The van der Waals surface area contributed by atoms with E-state index in [4.69, 9.17) is 46.4 Å². The molecular weight excluding hydrogens is 676 g/mol. The van der Waals surface area contributed by atoms with Gasteiger partial charge in [-0.15, -0.1) is 0 Å². The molecule has 0 spiro atoms. The SMILES string of the molecule is CCCNC(=O)[C@@H](Cc1ccccc1)N(Cc1ccc(Cl)c(Cl)c1)C(=O)CN(c1cccc(Cl)c1Cl)S(=O)(=O)c1ccccc1. The number of nitrogens with one attached hydrogen (secondary N) is 1. The van der Waals surface area contributed by atoms with Gasteiger partial charge in [0, 0.05) is 19.5 Å². The maximum atomic E-state index is 14.5. The van der Waals surface area contributed by atoms with Crippen molar-refractivity contribution in [3.05, 3.63) is 128 Å². The zero-order valence-electron chi connectivity index (χ0n) is 24.3. The van der Waals surface area contributed by atoms with Gasteiger partial charge in [-0.25, -0.2) is 8.42 Å². The molecule has 0 radical (unpaired) electrons. The van der Waals surface area contributed by atoms with Crippen molar-refractivity contribution in [2.24, 2.45) is 0 Å². The van der Waals surface area contributed by atoms with Crippen molar-refractivity contribution in [2.45, 2.75) is 37.2 Å². The number of hydrogen-bond donors (Lipinski definition) is 1. The molecule has 7 nitrogen and oxygen atoms in total. The van der Waals surface area contributed by atoms with Crippen LogP contribution in [0.1, 0.15) is 24.5 Å². The third kappa shape index (κ3) is 8.71. The van der Waals surface area contributed by atoms with Gasteiger partial charge in [0.1, 0.15) is 12.6 Å². The highest BCUT2D eigenvalue weighted by Gasteiger charge is 2.35. The highest BCUT2D eigenvalue weighted by atomic mass is 35.5. The topological polar surface area (TPSA) is 86.8 Å². The zero-order chi connectivity index (χ0) is 32.6. The van der Waals surface area contributed by atoms with Crippen LogP contribution in [0.3, 0.4) is 0 Å². The number of anilines is 1. The first-order valence-corrected chi connectivity index (χ1v) is 17.0. The first-order chi connectivity index (χ1) is 21.5. The molecule has 2 amide bonds. The van der Waals surface area contributed by atoms with E-state index < -0.39 is 28.5 Å². The molecule has 4 aromatic carbocycles. The molecule has 236 valence electrons. The van der Waals surface area contributed by atoms with Gasteiger partial charge >= 0.3 is 0 Å². The maximum Gasteiger partial charge on any atom is 0.264 e. The second kappa shape index (κ2) is 15.8.